The maximum atomic E-state index is 12.3. The van der Waals surface area contributed by atoms with Crippen molar-refractivity contribution in [1.82, 2.24) is 10.3 Å². The van der Waals surface area contributed by atoms with Gasteiger partial charge in [0.1, 0.15) is 5.82 Å². The average molecular weight is 355 g/mol. The molecule has 1 aromatic carbocycles. The van der Waals surface area contributed by atoms with Crippen LogP contribution in [-0.4, -0.2) is 44.0 Å². The quantitative estimate of drug-likeness (QED) is 0.876. The minimum absolute atomic E-state index is 0.0411. The molecule has 0 aliphatic carbocycles. The highest BCUT2D eigenvalue weighted by atomic mass is 16.7. The van der Waals surface area contributed by atoms with Crippen molar-refractivity contribution in [2.75, 3.05) is 38.0 Å². The Morgan fingerprint density at radius 3 is 2.88 bits per heavy atom. The topological polar surface area (TPSA) is 72.9 Å². The molecule has 0 radical (unpaired) electrons. The molecule has 1 aromatic heterocycles. The highest BCUT2D eigenvalue weighted by Crippen LogP contribution is 2.32. The van der Waals surface area contributed by atoms with Crippen LogP contribution in [0.25, 0.3) is 0 Å². The molecule has 7 heteroatoms. The molecule has 1 N–H and O–H groups in total. The van der Waals surface area contributed by atoms with Crippen LogP contribution in [0.2, 0.25) is 0 Å². The first kappa shape index (κ1) is 16.7. The van der Waals surface area contributed by atoms with Crippen LogP contribution < -0.4 is 19.7 Å². The third-order valence-electron chi connectivity index (χ3n) is 4.46. The van der Waals surface area contributed by atoms with Crippen LogP contribution in [0.15, 0.2) is 36.5 Å². The van der Waals surface area contributed by atoms with Gasteiger partial charge in [-0.3, -0.25) is 4.79 Å². The van der Waals surface area contributed by atoms with E-state index in [0.29, 0.717) is 31.9 Å². The van der Waals surface area contributed by atoms with Crippen LogP contribution in [0.3, 0.4) is 0 Å². The SMILES string of the molecule is O=C(Cc1ccc2c(c1)OCO2)NCc1cccnc1N1CCOCC1. The van der Waals surface area contributed by atoms with Gasteiger partial charge in [-0.2, -0.15) is 0 Å². The van der Waals surface area contributed by atoms with Crippen molar-refractivity contribution < 1.29 is 19.0 Å². The first-order valence-corrected chi connectivity index (χ1v) is 8.71. The number of hydrogen-bond acceptors (Lipinski definition) is 6. The summed E-state index contributed by atoms with van der Waals surface area (Å²) in [7, 11) is 0. The molecular weight excluding hydrogens is 334 g/mol. The van der Waals surface area contributed by atoms with Crippen molar-refractivity contribution in [3.05, 3.63) is 47.7 Å². The van der Waals surface area contributed by atoms with Gasteiger partial charge in [-0.25, -0.2) is 4.98 Å². The van der Waals surface area contributed by atoms with Gasteiger partial charge in [-0.05, 0) is 23.8 Å². The zero-order valence-electron chi connectivity index (χ0n) is 14.4. The number of nitrogens with one attached hydrogen (secondary N) is 1. The molecule has 1 fully saturated rings. The molecule has 1 saturated heterocycles. The molecule has 1 amide bonds. The molecule has 2 aliphatic rings. The summed E-state index contributed by atoms with van der Waals surface area (Å²) in [6, 6.07) is 9.46. The molecular formula is C19H21N3O4. The van der Waals surface area contributed by atoms with Gasteiger partial charge in [0.05, 0.1) is 19.6 Å². The van der Waals surface area contributed by atoms with Crippen LogP contribution >= 0.6 is 0 Å². The lowest BCUT2D eigenvalue weighted by atomic mass is 10.1. The van der Waals surface area contributed by atoms with Gasteiger partial charge in [-0.15, -0.1) is 0 Å². The number of nitrogens with zero attached hydrogens (tertiary/aromatic N) is 2. The predicted octanol–water partition coefficient (Wildman–Crippen LogP) is 1.51. The van der Waals surface area contributed by atoms with Crippen molar-refractivity contribution in [1.29, 1.82) is 0 Å². The number of hydrogen-bond donors (Lipinski definition) is 1. The summed E-state index contributed by atoms with van der Waals surface area (Å²) in [6.07, 6.45) is 2.08. The highest BCUT2D eigenvalue weighted by molar-refractivity contribution is 5.79. The average Bonchev–Trinajstić information content (AvgIpc) is 3.15. The number of aromatic nitrogens is 1. The Hall–Kier alpha value is -2.80. The number of rotatable bonds is 5. The van der Waals surface area contributed by atoms with Gasteiger partial charge >= 0.3 is 0 Å². The minimum Gasteiger partial charge on any atom is -0.454 e. The fourth-order valence-electron chi connectivity index (χ4n) is 3.12. The summed E-state index contributed by atoms with van der Waals surface area (Å²) in [6.45, 7) is 3.71. The largest absolute Gasteiger partial charge is 0.454 e. The molecule has 2 aliphatic heterocycles. The van der Waals surface area contributed by atoms with E-state index < -0.39 is 0 Å². The zero-order valence-corrected chi connectivity index (χ0v) is 14.4. The van der Waals surface area contributed by atoms with Crippen molar-refractivity contribution in [2.24, 2.45) is 0 Å². The smallest absolute Gasteiger partial charge is 0.231 e. The minimum atomic E-state index is -0.0411. The number of anilines is 1. The third-order valence-corrected chi connectivity index (χ3v) is 4.46. The molecule has 0 atom stereocenters. The van der Waals surface area contributed by atoms with Crippen LogP contribution in [-0.2, 0) is 22.5 Å². The molecule has 3 heterocycles. The third kappa shape index (κ3) is 3.72. The number of carbonyl (C=O) groups excluding carboxylic acids is 1. The first-order valence-electron chi connectivity index (χ1n) is 8.71. The van der Waals surface area contributed by atoms with Crippen LogP contribution in [0.1, 0.15) is 11.1 Å². The Morgan fingerprint density at radius 1 is 1.15 bits per heavy atom. The molecule has 136 valence electrons. The van der Waals surface area contributed by atoms with Crippen molar-refractivity contribution in [2.45, 2.75) is 13.0 Å². The van der Waals surface area contributed by atoms with Gasteiger partial charge < -0.3 is 24.4 Å². The van der Waals surface area contributed by atoms with E-state index in [2.05, 4.69) is 15.2 Å². The van der Waals surface area contributed by atoms with E-state index in [0.717, 1.165) is 35.8 Å². The second-order valence-corrected chi connectivity index (χ2v) is 6.23. The summed E-state index contributed by atoms with van der Waals surface area (Å²) >= 11 is 0. The van der Waals surface area contributed by atoms with E-state index in [1.165, 1.54) is 0 Å². The standard InChI is InChI=1S/C19H21N3O4/c23-18(11-14-3-4-16-17(10-14)26-13-25-16)21-12-15-2-1-5-20-19(15)22-6-8-24-9-7-22/h1-5,10H,6-9,11-13H2,(H,21,23). The lowest BCUT2D eigenvalue weighted by Gasteiger charge is -2.29. The molecule has 0 spiro atoms. The lowest BCUT2D eigenvalue weighted by Crippen LogP contribution is -2.38. The molecule has 0 unspecified atom stereocenters. The van der Waals surface area contributed by atoms with Gasteiger partial charge in [0, 0.05) is 31.4 Å². The van der Waals surface area contributed by atoms with E-state index in [1.807, 2.05) is 30.3 Å². The lowest BCUT2D eigenvalue weighted by molar-refractivity contribution is -0.120. The fourth-order valence-corrected chi connectivity index (χ4v) is 3.12. The summed E-state index contributed by atoms with van der Waals surface area (Å²) in [5.41, 5.74) is 1.90. The van der Waals surface area contributed by atoms with E-state index in [4.69, 9.17) is 14.2 Å². The highest BCUT2D eigenvalue weighted by Gasteiger charge is 2.17. The summed E-state index contributed by atoms with van der Waals surface area (Å²) in [4.78, 5) is 19.0. The van der Waals surface area contributed by atoms with E-state index >= 15 is 0 Å². The second-order valence-electron chi connectivity index (χ2n) is 6.23. The van der Waals surface area contributed by atoms with Gasteiger partial charge in [0.15, 0.2) is 11.5 Å². The van der Waals surface area contributed by atoms with E-state index in [9.17, 15) is 4.79 Å². The Morgan fingerprint density at radius 2 is 2.00 bits per heavy atom. The number of fused-ring (bicyclic) bond motifs is 1. The molecule has 2 aromatic rings. The number of benzene rings is 1. The number of ether oxygens (including phenoxy) is 3. The number of pyridine rings is 1. The van der Waals surface area contributed by atoms with Crippen molar-refractivity contribution >= 4 is 11.7 Å². The predicted molar refractivity (Wildman–Crippen MR) is 95.4 cm³/mol. The molecule has 4 rings (SSSR count). The molecule has 7 nitrogen and oxygen atoms in total. The van der Waals surface area contributed by atoms with Gasteiger partial charge in [0.25, 0.3) is 0 Å². The van der Waals surface area contributed by atoms with Crippen LogP contribution in [0.4, 0.5) is 5.82 Å². The van der Waals surface area contributed by atoms with Crippen LogP contribution in [0.5, 0.6) is 11.5 Å². The van der Waals surface area contributed by atoms with E-state index in [1.54, 1.807) is 6.20 Å². The second kappa shape index (κ2) is 7.61. The number of morpholine rings is 1. The Bertz CT molecular complexity index is 790. The van der Waals surface area contributed by atoms with Crippen molar-refractivity contribution in [3.63, 3.8) is 0 Å². The zero-order chi connectivity index (χ0) is 17.8. The number of amides is 1. The van der Waals surface area contributed by atoms with Gasteiger partial charge in [0.2, 0.25) is 12.7 Å². The summed E-state index contributed by atoms with van der Waals surface area (Å²) in [5.74, 6) is 2.29. The molecule has 0 saturated carbocycles. The first-order chi connectivity index (χ1) is 12.8. The molecule has 26 heavy (non-hydrogen) atoms. The van der Waals surface area contributed by atoms with Gasteiger partial charge in [-0.1, -0.05) is 12.1 Å². The Balaban J connectivity index is 1.37. The summed E-state index contributed by atoms with van der Waals surface area (Å²) < 4.78 is 16.0. The maximum absolute atomic E-state index is 12.3. The maximum Gasteiger partial charge on any atom is 0.231 e. The normalized spacial score (nSPS) is 15.8. The summed E-state index contributed by atoms with van der Waals surface area (Å²) in [5, 5.41) is 2.99. The van der Waals surface area contributed by atoms with Crippen LogP contribution in [0, 0.1) is 0 Å². The Labute approximate surface area is 151 Å². The van der Waals surface area contributed by atoms with Crippen molar-refractivity contribution in [3.8, 4) is 11.5 Å². The number of carbonyl (C=O) groups is 1. The van der Waals surface area contributed by atoms with E-state index in [-0.39, 0.29) is 12.7 Å². The molecule has 0 bridgehead atoms. The fraction of sp³-hybridized carbons (Fsp3) is 0.368. The Kier molecular flexibility index (Phi) is 4.88. The monoisotopic (exact) mass is 355 g/mol.